The molecule has 1 aromatic carbocycles. The molecule has 1 aromatic rings. The number of benzene rings is 1. The summed E-state index contributed by atoms with van der Waals surface area (Å²) >= 11 is 1.44. The van der Waals surface area contributed by atoms with Crippen molar-refractivity contribution in [1.29, 1.82) is 5.26 Å². The summed E-state index contributed by atoms with van der Waals surface area (Å²) in [6.07, 6.45) is 4.79. The SMILES string of the molecule is CCc1ccccc1CN=C(NC#N)SC. The molecular weight excluding hydrogens is 218 g/mol. The standard InChI is InChI=1S/C12H15N3S/c1-3-10-6-4-5-7-11(10)8-14-12(16-2)15-9-13/h4-7H,3,8H2,1-2H3,(H,14,15). The monoisotopic (exact) mass is 233 g/mol. The molecule has 84 valence electrons. The maximum Gasteiger partial charge on any atom is 0.183 e. The van der Waals surface area contributed by atoms with E-state index < -0.39 is 0 Å². The van der Waals surface area contributed by atoms with Gasteiger partial charge in [-0.25, -0.2) is 0 Å². The van der Waals surface area contributed by atoms with E-state index in [1.807, 2.05) is 24.6 Å². The molecule has 0 spiro atoms. The van der Waals surface area contributed by atoms with Gasteiger partial charge in [0.2, 0.25) is 0 Å². The Kier molecular flexibility index (Phi) is 5.44. The second-order valence-electron chi connectivity index (χ2n) is 3.18. The Morgan fingerprint density at radius 1 is 1.44 bits per heavy atom. The van der Waals surface area contributed by atoms with Gasteiger partial charge in [-0.1, -0.05) is 43.0 Å². The van der Waals surface area contributed by atoms with E-state index >= 15 is 0 Å². The number of nitriles is 1. The smallest absolute Gasteiger partial charge is 0.183 e. The van der Waals surface area contributed by atoms with Gasteiger partial charge in [0.05, 0.1) is 6.54 Å². The fourth-order valence-electron chi connectivity index (χ4n) is 1.42. The topological polar surface area (TPSA) is 48.2 Å². The molecule has 0 radical (unpaired) electrons. The second-order valence-corrected chi connectivity index (χ2v) is 3.98. The molecule has 0 aliphatic heterocycles. The molecule has 1 rings (SSSR count). The Labute approximate surface area is 101 Å². The van der Waals surface area contributed by atoms with Crippen molar-refractivity contribution in [3.05, 3.63) is 35.4 Å². The molecule has 0 saturated carbocycles. The second kappa shape index (κ2) is 6.91. The summed E-state index contributed by atoms with van der Waals surface area (Å²) in [5, 5.41) is 11.7. The van der Waals surface area contributed by atoms with Crippen LogP contribution < -0.4 is 5.32 Å². The van der Waals surface area contributed by atoms with Gasteiger partial charge in [0.1, 0.15) is 0 Å². The van der Waals surface area contributed by atoms with Crippen LogP contribution in [-0.2, 0) is 13.0 Å². The molecular formula is C12H15N3S. The summed E-state index contributed by atoms with van der Waals surface area (Å²) in [6.45, 7) is 2.75. The van der Waals surface area contributed by atoms with E-state index in [2.05, 4.69) is 29.4 Å². The van der Waals surface area contributed by atoms with Crippen LogP contribution in [-0.4, -0.2) is 11.4 Å². The Balaban J connectivity index is 2.76. The molecule has 0 amide bonds. The number of aryl methyl sites for hydroxylation is 1. The lowest BCUT2D eigenvalue weighted by Gasteiger charge is -2.05. The molecule has 4 heteroatoms. The first-order valence-electron chi connectivity index (χ1n) is 5.12. The third-order valence-electron chi connectivity index (χ3n) is 2.25. The van der Waals surface area contributed by atoms with E-state index in [-0.39, 0.29) is 0 Å². The Hall–Kier alpha value is -1.47. The van der Waals surface area contributed by atoms with Crippen LogP contribution in [0.25, 0.3) is 0 Å². The lowest BCUT2D eigenvalue weighted by Crippen LogP contribution is -2.13. The van der Waals surface area contributed by atoms with Crippen molar-refractivity contribution in [2.24, 2.45) is 4.99 Å². The van der Waals surface area contributed by atoms with E-state index in [4.69, 9.17) is 5.26 Å². The van der Waals surface area contributed by atoms with Gasteiger partial charge in [-0.2, -0.15) is 5.26 Å². The molecule has 0 aliphatic carbocycles. The molecule has 16 heavy (non-hydrogen) atoms. The van der Waals surface area contributed by atoms with Gasteiger partial charge in [-0.05, 0) is 23.8 Å². The minimum Gasteiger partial charge on any atom is -0.272 e. The van der Waals surface area contributed by atoms with Crippen LogP contribution >= 0.6 is 11.8 Å². The summed E-state index contributed by atoms with van der Waals surface area (Å²) in [6, 6.07) is 8.24. The fraction of sp³-hybridized carbons (Fsp3) is 0.333. The van der Waals surface area contributed by atoms with Gasteiger partial charge in [-0.15, -0.1) is 0 Å². The van der Waals surface area contributed by atoms with E-state index in [1.54, 1.807) is 0 Å². The van der Waals surface area contributed by atoms with Gasteiger partial charge in [0.15, 0.2) is 11.4 Å². The summed E-state index contributed by atoms with van der Waals surface area (Å²) in [7, 11) is 0. The van der Waals surface area contributed by atoms with Crippen molar-refractivity contribution in [3.63, 3.8) is 0 Å². The first-order valence-corrected chi connectivity index (χ1v) is 6.34. The zero-order valence-electron chi connectivity index (χ0n) is 9.53. The Morgan fingerprint density at radius 3 is 2.69 bits per heavy atom. The number of nitrogens with one attached hydrogen (secondary N) is 1. The molecule has 0 saturated heterocycles. The highest BCUT2D eigenvalue weighted by molar-refractivity contribution is 8.13. The third-order valence-corrected chi connectivity index (χ3v) is 2.87. The van der Waals surface area contributed by atoms with E-state index in [9.17, 15) is 0 Å². The maximum absolute atomic E-state index is 8.51. The van der Waals surface area contributed by atoms with Crippen LogP contribution in [0.3, 0.4) is 0 Å². The highest BCUT2D eigenvalue weighted by atomic mass is 32.2. The third kappa shape index (κ3) is 3.59. The van der Waals surface area contributed by atoms with E-state index in [0.717, 1.165) is 6.42 Å². The van der Waals surface area contributed by atoms with Gasteiger partial charge >= 0.3 is 0 Å². The van der Waals surface area contributed by atoms with Gasteiger partial charge in [0, 0.05) is 0 Å². The molecule has 0 bridgehead atoms. The molecule has 0 unspecified atom stereocenters. The first-order chi connectivity index (χ1) is 7.81. The number of amidine groups is 1. The summed E-state index contributed by atoms with van der Waals surface area (Å²) in [5.74, 6) is 0. The molecule has 1 N–H and O–H groups in total. The van der Waals surface area contributed by atoms with Gasteiger partial charge in [-0.3, -0.25) is 10.3 Å². The fourth-order valence-corrected chi connectivity index (χ4v) is 1.76. The number of hydrogen-bond acceptors (Lipinski definition) is 3. The van der Waals surface area contributed by atoms with Crippen LogP contribution in [0.1, 0.15) is 18.1 Å². The van der Waals surface area contributed by atoms with Crippen molar-refractivity contribution in [2.75, 3.05) is 6.26 Å². The molecule has 3 nitrogen and oxygen atoms in total. The number of hydrogen-bond donors (Lipinski definition) is 1. The van der Waals surface area contributed by atoms with Crippen molar-refractivity contribution in [1.82, 2.24) is 5.32 Å². The van der Waals surface area contributed by atoms with Crippen LogP contribution in [0.2, 0.25) is 0 Å². The number of rotatable bonds is 3. The summed E-state index contributed by atoms with van der Waals surface area (Å²) in [4.78, 5) is 4.36. The van der Waals surface area contributed by atoms with Crippen LogP contribution in [0.15, 0.2) is 29.3 Å². The quantitative estimate of drug-likeness (QED) is 0.378. The largest absolute Gasteiger partial charge is 0.272 e. The molecule has 0 atom stereocenters. The predicted octanol–water partition coefficient (Wildman–Crippen LogP) is 2.54. The normalized spacial score (nSPS) is 10.9. The predicted molar refractivity (Wildman–Crippen MR) is 69.2 cm³/mol. The van der Waals surface area contributed by atoms with Crippen LogP contribution in [0, 0.1) is 11.5 Å². The van der Waals surface area contributed by atoms with Crippen molar-refractivity contribution < 1.29 is 0 Å². The Bertz CT molecular complexity index is 407. The minimum atomic E-state index is 0.620. The average molecular weight is 233 g/mol. The van der Waals surface area contributed by atoms with Gasteiger partial charge < -0.3 is 0 Å². The lowest BCUT2D eigenvalue weighted by molar-refractivity contribution is 0.998. The summed E-state index contributed by atoms with van der Waals surface area (Å²) in [5.41, 5.74) is 2.53. The molecule has 0 fully saturated rings. The number of nitrogens with zero attached hydrogens (tertiary/aromatic N) is 2. The Morgan fingerprint density at radius 2 is 2.12 bits per heavy atom. The molecule has 0 heterocycles. The van der Waals surface area contributed by atoms with Crippen molar-refractivity contribution in [3.8, 4) is 6.19 Å². The van der Waals surface area contributed by atoms with E-state index in [1.165, 1.54) is 22.9 Å². The average Bonchev–Trinajstić information content (AvgIpc) is 2.34. The number of thioether (sulfide) groups is 1. The zero-order chi connectivity index (χ0) is 11.8. The van der Waals surface area contributed by atoms with Crippen molar-refractivity contribution in [2.45, 2.75) is 19.9 Å². The van der Waals surface area contributed by atoms with Crippen LogP contribution in [0.4, 0.5) is 0 Å². The highest BCUT2D eigenvalue weighted by Crippen LogP contribution is 2.11. The van der Waals surface area contributed by atoms with E-state index in [0.29, 0.717) is 11.7 Å². The molecule has 0 aliphatic rings. The van der Waals surface area contributed by atoms with Crippen molar-refractivity contribution >= 4 is 16.9 Å². The minimum absolute atomic E-state index is 0.620. The van der Waals surface area contributed by atoms with Gasteiger partial charge in [0.25, 0.3) is 0 Å². The maximum atomic E-state index is 8.51. The zero-order valence-corrected chi connectivity index (χ0v) is 10.3. The lowest BCUT2D eigenvalue weighted by atomic mass is 10.1. The van der Waals surface area contributed by atoms with Crippen LogP contribution in [0.5, 0.6) is 0 Å². The number of aliphatic imine (C=N–C) groups is 1. The first kappa shape index (κ1) is 12.6. The summed E-state index contributed by atoms with van der Waals surface area (Å²) < 4.78 is 0. The highest BCUT2D eigenvalue weighted by Gasteiger charge is 1.99. The molecule has 0 aromatic heterocycles.